The molecule has 19 heavy (non-hydrogen) atoms. The highest BCUT2D eigenvalue weighted by Gasteiger charge is 2.27. The van der Waals surface area contributed by atoms with Crippen LogP contribution in [0.2, 0.25) is 0 Å². The smallest absolute Gasteiger partial charge is 0.328 e. The number of esters is 1. The van der Waals surface area contributed by atoms with E-state index in [1.165, 1.54) is 19.2 Å². The van der Waals surface area contributed by atoms with E-state index < -0.39 is 28.4 Å². The lowest BCUT2D eigenvalue weighted by molar-refractivity contribution is -0.386. The van der Waals surface area contributed by atoms with Gasteiger partial charge in [-0.2, -0.15) is 4.39 Å². The minimum Gasteiger partial charge on any atom is -0.467 e. The zero-order chi connectivity index (χ0) is 14.6. The number of methoxy groups -OCH3 is 1. The van der Waals surface area contributed by atoms with Crippen molar-refractivity contribution in [2.75, 3.05) is 12.4 Å². The number of nitrogens with one attached hydrogen (secondary N) is 1. The Labute approximate surface area is 109 Å². The molecule has 104 valence electrons. The van der Waals surface area contributed by atoms with E-state index in [-0.39, 0.29) is 11.6 Å². The topological polar surface area (TPSA) is 81.5 Å². The first-order chi connectivity index (χ1) is 8.88. The summed E-state index contributed by atoms with van der Waals surface area (Å²) < 4.78 is 18.0. The molecule has 7 heteroatoms. The monoisotopic (exact) mass is 270 g/mol. The minimum atomic E-state index is -0.956. The van der Waals surface area contributed by atoms with Gasteiger partial charge in [-0.1, -0.05) is 19.9 Å². The van der Waals surface area contributed by atoms with Crippen LogP contribution in [-0.4, -0.2) is 24.0 Å². The number of benzene rings is 1. The highest BCUT2D eigenvalue weighted by molar-refractivity contribution is 5.81. The summed E-state index contributed by atoms with van der Waals surface area (Å²) in [6.45, 7) is 3.50. The Balaban J connectivity index is 3.13. The van der Waals surface area contributed by atoms with E-state index in [1.807, 2.05) is 0 Å². The normalized spacial score (nSPS) is 12.1. The van der Waals surface area contributed by atoms with Crippen LogP contribution in [0.3, 0.4) is 0 Å². The molecular weight excluding hydrogens is 255 g/mol. The average molecular weight is 270 g/mol. The van der Waals surface area contributed by atoms with Gasteiger partial charge in [-0.05, 0) is 18.1 Å². The van der Waals surface area contributed by atoms with E-state index >= 15 is 0 Å². The summed E-state index contributed by atoms with van der Waals surface area (Å²) in [6.07, 6.45) is 0. The second-order valence-electron chi connectivity index (χ2n) is 4.28. The van der Waals surface area contributed by atoms with E-state index in [1.54, 1.807) is 13.8 Å². The minimum absolute atomic E-state index is 0.0471. The molecule has 1 atom stereocenters. The van der Waals surface area contributed by atoms with Crippen LogP contribution in [0.25, 0.3) is 0 Å². The molecule has 0 aliphatic heterocycles. The molecule has 1 unspecified atom stereocenters. The second kappa shape index (κ2) is 6.12. The van der Waals surface area contributed by atoms with Gasteiger partial charge in [0.05, 0.1) is 12.0 Å². The molecule has 1 rings (SSSR count). The maximum Gasteiger partial charge on any atom is 0.328 e. The summed E-state index contributed by atoms with van der Waals surface area (Å²) >= 11 is 0. The first-order valence-corrected chi connectivity index (χ1v) is 5.65. The molecule has 0 spiro atoms. The average Bonchev–Trinajstić information content (AvgIpc) is 2.34. The van der Waals surface area contributed by atoms with Gasteiger partial charge in [0.25, 0.3) is 0 Å². The molecular formula is C12H15FN2O4. The molecule has 0 aliphatic carbocycles. The van der Waals surface area contributed by atoms with Gasteiger partial charge in [0, 0.05) is 0 Å². The molecule has 0 bridgehead atoms. The zero-order valence-corrected chi connectivity index (χ0v) is 10.8. The molecule has 0 radical (unpaired) electrons. The van der Waals surface area contributed by atoms with E-state index in [2.05, 4.69) is 10.1 Å². The molecule has 0 saturated heterocycles. The highest BCUT2D eigenvalue weighted by atomic mass is 19.1. The first-order valence-electron chi connectivity index (χ1n) is 5.65. The van der Waals surface area contributed by atoms with Crippen LogP contribution >= 0.6 is 0 Å². The van der Waals surface area contributed by atoms with Crippen LogP contribution in [0, 0.1) is 21.8 Å². The van der Waals surface area contributed by atoms with E-state index in [0.717, 1.165) is 6.07 Å². The van der Waals surface area contributed by atoms with Gasteiger partial charge in [-0.15, -0.1) is 0 Å². The number of halogens is 1. The first kappa shape index (κ1) is 14.9. The molecule has 1 N–H and O–H groups in total. The number of para-hydroxylation sites is 1. The van der Waals surface area contributed by atoms with Crippen LogP contribution < -0.4 is 5.32 Å². The van der Waals surface area contributed by atoms with Gasteiger partial charge >= 0.3 is 11.7 Å². The Morgan fingerprint density at radius 3 is 2.58 bits per heavy atom. The van der Waals surface area contributed by atoms with Crippen molar-refractivity contribution in [1.29, 1.82) is 0 Å². The number of carbonyl (C=O) groups is 1. The van der Waals surface area contributed by atoms with Crippen LogP contribution in [0.15, 0.2) is 18.2 Å². The Hall–Kier alpha value is -2.18. The quantitative estimate of drug-likeness (QED) is 0.504. The fourth-order valence-corrected chi connectivity index (χ4v) is 1.61. The number of nitro benzene ring substituents is 1. The van der Waals surface area contributed by atoms with Gasteiger partial charge in [-0.3, -0.25) is 10.1 Å². The maximum atomic E-state index is 13.4. The summed E-state index contributed by atoms with van der Waals surface area (Å²) in [6, 6.07) is 2.88. The summed E-state index contributed by atoms with van der Waals surface area (Å²) in [5.74, 6) is -1.69. The molecule has 6 nitrogen and oxygen atoms in total. The van der Waals surface area contributed by atoms with Crippen LogP contribution in [0.5, 0.6) is 0 Å². The predicted molar refractivity (Wildman–Crippen MR) is 67.3 cm³/mol. The van der Waals surface area contributed by atoms with Gasteiger partial charge in [0.1, 0.15) is 11.7 Å². The zero-order valence-electron chi connectivity index (χ0n) is 10.8. The number of rotatable bonds is 5. The summed E-state index contributed by atoms with van der Waals surface area (Å²) in [7, 11) is 1.22. The molecule has 1 aromatic carbocycles. The molecule has 0 aliphatic rings. The molecule has 0 fully saturated rings. The fourth-order valence-electron chi connectivity index (χ4n) is 1.61. The third kappa shape index (κ3) is 3.40. The predicted octanol–water partition coefficient (Wildman–Crippen LogP) is 2.34. The second-order valence-corrected chi connectivity index (χ2v) is 4.28. The van der Waals surface area contributed by atoms with Crippen molar-refractivity contribution in [1.82, 2.24) is 0 Å². The van der Waals surface area contributed by atoms with Crippen molar-refractivity contribution in [3.8, 4) is 0 Å². The summed E-state index contributed by atoms with van der Waals surface area (Å²) in [5.41, 5.74) is -0.730. The van der Waals surface area contributed by atoms with Crippen molar-refractivity contribution < 1.29 is 18.8 Å². The molecule has 0 heterocycles. The van der Waals surface area contributed by atoms with Crippen molar-refractivity contribution in [2.24, 2.45) is 5.92 Å². The summed E-state index contributed by atoms with van der Waals surface area (Å²) in [4.78, 5) is 21.6. The van der Waals surface area contributed by atoms with Crippen LogP contribution in [-0.2, 0) is 9.53 Å². The van der Waals surface area contributed by atoms with Gasteiger partial charge < -0.3 is 10.1 Å². The highest BCUT2D eigenvalue weighted by Crippen LogP contribution is 2.28. The lowest BCUT2D eigenvalue weighted by Crippen LogP contribution is -2.35. The number of hydrogen-bond donors (Lipinski definition) is 1. The number of hydrogen-bond acceptors (Lipinski definition) is 5. The van der Waals surface area contributed by atoms with Crippen LogP contribution in [0.4, 0.5) is 15.8 Å². The Kier molecular flexibility index (Phi) is 4.80. The van der Waals surface area contributed by atoms with Gasteiger partial charge in [-0.25, -0.2) is 4.79 Å². The molecule has 0 saturated carbocycles. The summed E-state index contributed by atoms with van der Waals surface area (Å²) in [5, 5.41) is 13.5. The molecule has 0 aromatic heterocycles. The Morgan fingerprint density at radius 1 is 1.47 bits per heavy atom. The lowest BCUT2D eigenvalue weighted by atomic mass is 10.0. The van der Waals surface area contributed by atoms with Crippen molar-refractivity contribution >= 4 is 17.3 Å². The van der Waals surface area contributed by atoms with Crippen molar-refractivity contribution in [3.05, 3.63) is 34.1 Å². The van der Waals surface area contributed by atoms with Gasteiger partial charge in [0.15, 0.2) is 0 Å². The van der Waals surface area contributed by atoms with Gasteiger partial charge in [0.2, 0.25) is 5.82 Å². The third-order valence-corrected chi connectivity index (χ3v) is 2.60. The fraction of sp³-hybridized carbons (Fsp3) is 0.417. The number of nitro groups is 1. The number of nitrogens with zero attached hydrogens (tertiary/aromatic N) is 1. The third-order valence-electron chi connectivity index (χ3n) is 2.60. The number of carbonyl (C=O) groups excluding carboxylic acids is 1. The largest absolute Gasteiger partial charge is 0.467 e. The molecule has 1 aromatic rings. The Bertz CT molecular complexity index is 491. The van der Waals surface area contributed by atoms with Crippen molar-refractivity contribution in [2.45, 2.75) is 19.9 Å². The SMILES string of the molecule is COC(=O)C(Nc1cccc(F)c1[N+](=O)[O-])C(C)C. The lowest BCUT2D eigenvalue weighted by Gasteiger charge is -2.20. The molecule has 0 amide bonds. The van der Waals surface area contributed by atoms with Crippen LogP contribution in [0.1, 0.15) is 13.8 Å². The number of ether oxygens (including phenoxy) is 1. The Morgan fingerprint density at radius 2 is 2.11 bits per heavy atom. The maximum absolute atomic E-state index is 13.4. The standard InChI is InChI=1S/C12H15FN2O4/c1-7(2)10(12(16)19-3)14-9-6-4-5-8(13)11(9)15(17)18/h4-7,10,14H,1-3H3. The number of anilines is 1. The van der Waals surface area contributed by atoms with E-state index in [9.17, 15) is 19.3 Å². The van der Waals surface area contributed by atoms with E-state index in [4.69, 9.17) is 0 Å². The van der Waals surface area contributed by atoms with Crippen molar-refractivity contribution in [3.63, 3.8) is 0 Å². The van der Waals surface area contributed by atoms with E-state index in [0.29, 0.717) is 0 Å².